The largest absolute Gasteiger partial charge is 0.319 e. The molecule has 1 heterocycles. The average Bonchev–Trinajstić information content (AvgIpc) is 2.81. The zero-order chi connectivity index (χ0) is 13.1. The number of carbonyl (C=O) groups excluding carboxylic acids is 1. The number of hydrogen-bond acceptors (Lipinski definition) is 5. The summed E-state index contributed by atoms with van der Waals surface area (Å²) in [6, 6.07) is 3.87. The number of aromatic nitrogens is 3. The number of amides is 1. The van der Waals surface area contributed by atoms with Gasteiger partial charge in [0.25, 0.3) is 11.6 Å². The average molecular weight is 268 g/mol. The van der Waals surface area contributed by atoms with Gasteiger partial charge in [0.05, 0.1) is 4.92 Å². The van der Waals surface area contributed by atoms with Gasteiger partial charge < -0.3 is 5.32 Å². The molecule has 0 atom stereocenters. The standard InChI is InChI=1S/C9H6ClN5O3/c10-6-3-5(1-2-7(6)15(17)18)13-9(16)8-11-4-12-14-8/h1-4H,(H,13,16)(H,11,12,14). The van der Waals surface area contributed by atoms with Crippen LogP contribution in [0.2, 0.25) is 5.02 Å². The van der Waals surface area contributed by atoms with E-state index in [4.69, 9.17) is 11.6 Å². The SMILES string of the molecule is O=C(Nc1ccc([N+](=O)[O-])c(Cl)c1)c1ncn[nH]1. The highest BCUT2D eigenvalue weighted by atomic mass is 35.5. The second-order valence-corrected chi connectivity index (χ2v) is 3.62. The number of H-pyrrole nitrogens is 1. The van der Waals surface area contributed by atoms with Gasteiger partial charge in [0.2, 0.25) is 5.82 Å². The number of nitrogens with one attached hydrogen (secondary N) is 2. The summed E-state index contributed by atoms with van der Waals surface area (Å²) in [6.45, 7) is 0. The number of hydrogen-bond donors (Lipinski definition) is 2. The molecule has 2 aromatic rings. The van der Waals surface area contributed by atoms with Crippen molar-refractivity contribution in [2.75, 3.05) is 5.32 Å². The minimum atomic E-state index is -0.607. The van der Waals surface area contributed by atoms with E-state index in [0.717, 1.165) is 0 Å². The van der Waals surface area contributed by atoms with E-state index in [1.54, 1.807) is 0 Å². The summed E-state index contributed by atoms with van der Waals surface area (Å²) < 4.78 is 0. The maximum atomic E-state index is 11.6. The molecule has 0 unspecified atom stereocenters. The highest BCUT2D eigenvalue weighted by Gasteiger charge is 2.14. The number of benzene rings is 1. The third-order valence-corrected chi connectivity index (χ3v) is 2.34. The molecule has 0 saturated carbocycles. The van der Waals surface area contributed by atoms with Crippen LogP contribution >= 0.6 is 11.6 Å². The lowest BCUT2D eigenvalue weighted by molar-refractivity contribution is -0.384. The van der Waals surface area contributed by atoms with Crippen LogP contribution in [0.15, 0.2) is 24.5 Å². The van der Waals surface area contributed by atoms with Crippen molar-refractivity contribution >= 4 is 28.9 Å². The molecule has 92 valence electrons. The van der Waals surface area contributed by atoms with E-state index >= 15 is 0 Å². The molecule has 1 aromatic heterocycles. The van der Waals surface area contributed by atoms with Gasteiger partial charge in [-0.1, -0.05) is 11.6 Å². The maximum absolute atomic E-state index is 11.6. The van der Waals surface area contributed by atoms with Gasteiger partial charge in [0.1, 0.15) is 11.3 Å². The highest BCUT2D eigenvalue weighted by molar-refractivity contribution is 6.33. The van der Waals surface area contributed by atoms with Gasteiger partial charge in [-0.15, -0.1) is 0 Å². The minimum absolute atomic E-state index is 0.0319. The summed E-state index contributed by atoms with van der Waals surface area (Å²) in [5.74, 6) is -0.484. The van der Waals surface area contributed by atoms with Crippen molar-refractivity contribution in [2.45, 2.75) is 0 Å². The molecule has 0 bridgehead atoms. The molecule has 1 aromatic carbocycles. The van der Waals surface area contributed by atoms with Crippen LogP contribution < -0.4 is 5.32 Å². The molecule has 9 heteroatoms. The third kappa shape index (κ3) is 2.43. The van der Waals surface area contributed by atoms with Crippen LogP contribution in [0.5, 0.6) is 0 Å². The number of nitro benzene ring substituents is 1. The molecule has 1 amide bonds. The predicted octanol–water partition coefficient (Wildman–Crippen LogP) is 1.62. The Kier molecular flexibility index (Phi) is 3.20. The summed E-state index contributed by atoms with van der Waals surface area (Å²) in [6.07, 6.45) is 1.19. The Morgan fingerprint density at radius 3 is 2.83 bits per heavy atom. The van der Waals surface area contributed by atoms with Crippen LogP contribution in [-0.4, -0.2) is 26.0 Å². The topological polar surface area (TPSA) is 114 Å². The molecule has 0 fully saturated rings. The van der Waals surface area contributed by atoms with E-state index in [0.29, 0.717) is 5.69 Å². The fraction of sp³-hybridized carbons (Fsp3) is 0. The molecule has 8 nitrogen and oxygen atoms in total. The zero-order valence-electron chi connectivity index (χ0n) is 8.75. The van der Waals surface area contributed by atoms with Crippen molar-refractivity contribution in [3.05, 3.63) is 45.5 Å². The van der Waals surface area contributed by atoms with Gasteiger partial charge in [-0.2, -0.15) is 5.10 Å². The van der Waals surface area contributed by atoms with Gasteiger partial charge in [0, 0.05) is 11.8 Å². The number of nitro groups is 1. The lowest BCUT2D eigenvalue weighted by atomic mass is 10.3. The van der Waals surface area contributed by atoms with Crippen LogP contribution in [0.4, 0.5) is 11.4 Å². The summed E-state index contributed by atoms with van der Waals surface area (Å²) in [5.41, 5.74) is 0.0985. The highest BCUT2D eigenvalue weighted by Crippen LogP contribution is 2.27. The van der Waals surface area contributed by atoms with Crippen molar-refractivity contribution in [3.63, 3.8) is 0 Å². The number of carbonyl (C=O) groups is 1. The normalized spacial score (nSPS) is 10.1. The first-order valence-electron chi connectivity index (χ1n) is 4.68. The number of halogens is 1. The summed E-state index contributed by atoms with van der Waals surface area (Å²) in [5, 5.41) is 18.9. The Morgan fingerprint density at radius 1 is 1.50 bits per heavy atom. The molecular formula is C9H6ClN5O3. The Balaban J connectivity index is 2.18. The fourth-order valence-electron chi connectivity index (χ4n) is 1.24. The Bertz CT molecular complexity index is 598. The summed E-state index contributed by atoms with van der Waals surface area (Å²) in [7, 11) is 0. The van der Waals surface area contributed by atoms with Crippen molar-refractivity contribution in [2.24, 2.45) is 0 Å². The maximum Gasteiger partial charge on any atom is 0.292 e. The quantitative estimate of drug-likeness (QED) is 0.648. The molecule has 2 rings (SSSR count). The molecule has 18 heavy (non-hydrogen) atoms. The van der Waals surface area contributed by atoms with Crippen molar-refractivity contribution < 1.29 is 9.72 Å². The monoisotopic (exact) mass is 267 g/mol. The summed E-state index contributed by atoms with van der Waals surface area (Å²) in [4.78, 5) is 25.2. The van der Waals surface area contributed by atoms with Crippen molar-refractivity contribution in [3.8, 4) is 0 Å². The van der Waals surface area contributed by atoms with Crippen LogP contribution in [0.25, 0.3) is 0 Å². The molecule has 0 aliphatic carbocycles. The predicted molar refractivity (Wildman–Crippen MR) is 62.4 cm³/mol. The lowest BCUT2D eigenvalue weighted by Gasteiger charge is -2.03. The van der Waals surface area contributed by atoms with Crippen molar-refractivity contribution in [1.29, 1.82) is 0 Å². The van der Waals surface area contributed by atoms with Gasteiger partial charge in [-0.3, -0.25) is 20.0 Å². The second kappa shape index (κ2) is 4.80. The Labute approximate surface area is 105 Å². The van der Waals surface area contributed by atoms with Gasteiger partial charge >= 0.3 is 0 Å². The summed E-state index contributed by atoms with van der Waals surface area (Å²) >= 11 is 5.70. The lowest BCUT2D eigenvalue weighted by Crippen LogP contribution is -2.13. The number of aromatic amines is 1. The van der Waals surface area contributed by atoms with Gasteiger partial charge in [0.15, 0.2) is 0 Å². The van der Waals surface area contributed by atoms with Crippen LogP contribution in [0, 0.1) is 10.1 Å². The minimum Gasteiger partial charge on any atom is -0.319 e. The first kappa shape index (κ1) is 12.0. The number of anilines is 1. The van der Waals surface area contributed by atoms with Gasteiger partial charge in [-0.25, -0.2) is 4.98 Å². The molecular weight excluding hydrogens is 262 g/mol. The number of nitrogens with zero attached hydrogens (tertiary/aromatic N) is 3. The van der Waals surface area contributed by atoms with E-state index in [9.17, 15) is 14.9 Å². The van der Waals surface area contributed by atoms with Crippen LogP contribution in [0.3, 0.4) is 0 Å². The van der Waals surface area contributed by atoms with E-state index in [1.165, 1.54) is 24.5 Å². The fourth-order valence-corrected chi connectivity index (χ4v) is 1.49. The smallest absolute Gasteiger partial charge is 0.292 e. The molecule has 0 saturated heterocycles. The Hall–Kier alpha value is -2.48. The Morgan fingerprint density at radius 2 is 2.28 bits per heavy atom. The van der Waals surface area contributed by atoms with E-state index in [2.05, 4.69) is 20.5 Å². The zero-order valence-corrected chi connectivity index (χ0v) is 9.51. The molecule has 0 spiro atoms. The van der Waals surface area contributed by atoms with Crippen LogP contribution in [-0.2, 0) is 0 Å². The van der Waals surface area contributed by atoms with E-state index in [-0.39, 0.29) is 16.5 Å². The first-order chi connectivity index (χ1) is 8.58. The van der Waals surface area contributed by atoms with Crippen LogP contribution in [0.1, 0.15) is 10.6 Å². The molecule has 0 aliphatic rings. The van der Waals surface area contributed by atoms with E-state index < -0.39 is 10.8 Å². The van der Waals surface area contributed by atoms with Crippen molar-refractivity contribution in [1.82, 2.24) is 15.2 Å². The number of rotatable bonds is 3. The first-order valence-corrected chi connectivity index (χ1v) is 5.06. The molecule has 0 aliphatic heterocycles. The second-order valence-electron chi connectivity index (χ2n) is 3.21. The molecule has 2 N–H and O–H groups in total. The van der Waals surface area contributed by atoms with Gasteiger partial charge in [-0.05, 0) is 12.1 Å². The van der Waals surface area contributed by atoms with E-state index in [1.807, 2.05) is 0 Å². The third-order valence-electron chi connectivity index (χ3n) is 2.03. The molecule has 0 radical (unpaired) electrons.